The molecule has 1 aromatic carbocycles. The van der Waals surface area contributed by atoms with Gasteiger partial charge < -0.3 is 0 Å². The number of primary sulfonamides is 1. The van der Waals surface area contributed by atoms with Gasteiger partial charge in [-0.3, -0.25) is 0 Å². The first-order valence-corrected chi connectivity index (χ1v) is 5.89. The summed E-state index contributed by atoms with van der Waals surface area (Å²) in [4.78, 5) is 2.64. The molecule has 1 rings (SSSR count). The van der Waals surface area contributed by atoms with E-state index in [4.69, 9.17) is 10.7 Å². The molecule has 0 saturated carbocycles. The van der Waals surface area contributed by atoms with Gasteiger partial charge in [0, 0.05) is 11.5 Å². The summed E-state index contributed by atoms with van der Waals surface area (Å²) in [6.45, 7) is 0.218. The van der Waals surface area contributed by atoms with E-state index in [1.165, 1.54) is 12.1 Å². The molecule has 84 valence electrons. The number of hydrogen-bond donors (Lipinski definition) is 1. The Balaban J connectivity index is 2.91. The number of sulfonamides is 1. The second-order valence-corrected chi connectivity index (χ2v) is 4.49. The van der Waals surface area contributed by atoms with Gasteiger partial charge in [-0.25, -0.2) is 13.6 Å². The largest absolute Gasteiger partial charge is 0.238 e. The van der Waals surface area contributed by atoms with Gasteiger partial charge in [0.1, 0.15) is 0 Å². The molecule has 0 atom stereocenters. The van der Waals surface area contributed by atoms with Crippen molar-refractivity contribution in [1.82, 2.24) is 0 Å². The molecular weight excluding hydrogens is 228 g/mol. The maximum Gasteiger partial charge on any atom is 0.238 e. The average Bonchev–Trinajstić information content (AvgIpc) is 2.24. The molecule has 0 saturated heterocycles. The van der Waals surface area contributed by atoms with Gasteiger partial charge in [-0.15, -0.1) is 0 Å². The predicted molar refractivity (Wildman–Crippen MR) is 60.9 cm³/mol. The van der Waals surface area contributed by atoms with Crippen molar-refractivity contribution in [2.45, 2.75) is 4.90 Å². The van der Waals surface area contributed by atoms with Crippen molar-refractivity contribution >= 4 is 16.1 Å². The monoisotopic (exact) mass is 238 g/mol. The quantitative estimate of drug-likeness (QED) is 0.489. The van der Waals surface area contributed by atoms with Crippen LogP contribution >= 0.6 is 0 Å². The van der Waals surface area contributed by atoms with Crippen molar-refractivity contribution in [3.8, 4) is 0 Å². The van der Waals surface area contributed by atoms with Crippen LogP contribution in [0.4, 0.5) is 0 Å². The van der Waals surface area contributed by atoms with Gasteiger partial charge in [-0.1, -0.05) is 29.4 Å². The molecular formula is C9H10N4O2S. The summed E-state index contributed by atoms with van der Waals surface area (Å²) in [7, 11) is -3.68. The van der Waals surface area contributed by atoms with Crippen molar-refractivity contribution in [2.24, 2.45) is 10.3 Å². The summed E-state index contributed by atoms with van der Waals surface area (Å²) >= 11 is 0. The number of nitrogens with zero attached hydrogens (tertiary/aromatic N) is 3. The summed E-state index contributed by atoms with van der Waals surface area (Å²) in [5.41, 5.74) is 8.72. The Morgan fingerprint density at radius 1 is 1.50 bits per heavy atom. The Kier molecular flexibility index (Phi) is 4.07. The maximum absolute atomic E-state index is 11.0. The number of benzene rings is 1. The summed E-state index contributed by atoms with van der Waals surface area (Å²) in [6.07, 6.45) is 3.28. The Labute approximate surface area is 93.1 Å². The van der Waals surface area contributed by atoms with Crippen LogP contribution in [0.3, 0.4) is 0 Å². The van der Waals surface area contributed by atoms with Crippen molar-refractivity contribution in [2.75, 3.05) is 6.54 Å². The Morgan fingerprint density at radius 3 is 2.88 bits per heavy atom. The SMILES string of the molecule is [N-]=[N+]=NCC=Cc1cccc(S(N)(=O)=O)c1. The second kappa shape index (κ2) is 5.32. The summed E-state index contributed by atoms with van der Waals surface area (Å²) in [5, 5.41) is 8.29. The average molecular weight is 238 g/mol. The van der Waals surface area contributed by atoms with E-state index in [2.05, 4.69) is 10.0 Å². The molecule has 0 fully saturated rings. The lowest BCUT2D eigenvalue weighted by atomic mass is 10.2. The zero-order valence-corrected chi connectivity index (χ0v) is 9.13. The first-order chi connectivity index (χ1) is 7.54. The molecule has 0 aliphatic rings. The van der Waals surface area contributed by atoms with E-state index < -0.39 is 10.0 Å². The van der Waals surface area contributed by atoms with Crippen LogP contribution < -0.4 is 5.14 Å². The Hall–Kier alpha value is -1.82. The van der Waals surface area contributed by atoms with Gasteiger partial charge in [-0.05, 0) is 23.2 Å². The van der Waals surface area contributed by atoms with Crippen molar-refractivity contribution in [3.05, 3.63) is 46.3 Å². The molecule has 0 bridgehead atoms. The lowest BCUT2D eigenvalue weighted by Crippen LogP contribution is -2.11. The fourth-order valence-electron chi connectivity index (χ4n) is 1.07. The van der Waals surface area contributed by atoms with Crippen LogP contribution in [-0.4, -0.2) is 15.0 Å². The van der Waals surface area contributed by atoms with E-state index in [0.29, 0.717) is 5.56 Å². The van der Waals surface area contributed by atoms with Gasteiger partial charge in [0.2, 0.25) is 10.0 Å². The lowest BCUT2D eigenvalue weighted by molar-refractivity contribution is 0.598. The van der Waals surface area contributed by atoms with E-state index in [1.54, 1.807) is 24.3 Å². The van der Waals surface area contributed by atoms with Crippen LogP contribution in [-0.2, 0) is 10.0 Å². The molecule has 0 spiro atoms. The smallest absolute Gasteiger partial charge is 0.225 e. The van der Waals surface area contributed by atoms with Crippen LogP contribution in [0.5, 0.6) is 0 Å². The molecule has 0 unspecified atom stereocenters. The molecule has 6 nitrogen and oxygen atoms in total. The molecule has 0 aliphatic heterocycles. The number of azide groups is 1. The molecule has 1 aromatic rings. The van der Waals surface area contributed by atoms with Gasteiger partial charge in [-0.2, -0.15) is 0 Å². The third-order valence-electron chi connectivity index (χ3n) is 1.75. The van der Waals surface area contributed by atoms with Gasteiger partial charge >= 0.3 is 0 Å². The minimum Gasteiger partial charge on any atom is -0.225 e. The van der Waals surface area contributed by atoms with Crippen molar-refractivity contribution < 1.29 is 8.42 Å². The Bertz CT molecular complexity index is 544. The topological polar surface area (TPSA) is 109 Å². The standard InChI is InChI=1S/C9H10N4O2S/c10-13-12-6-2-4-8-3-1-5-9(7-8)16(11,14)15/h1-5,7H,6H2,(H2,11,14,15). The van der Waals surface area contributed by atoms with Crippen LogP contribution in [0.2, 0.25) is 0 Å². The van der Waals surface area contributed by atoms with Crippen LogP contribution in [0.25, 0.3) is 16.5 Å². The van der Waals surface area contributed by atoms with Crippen LogP contribution in [0.15, 0.2) is 40.4 Å². The molecule has 7 heteroatoms. The molecule has 0 heterocycles. The molecule has 16 heavy (non-hydrogen) atoms. The summed E-state index contributed by atoms with van der Waals surface area (Å²) in [6, 6.07) is 6.18. The van der Waals surface area contributed by atoms with Crippen LogP contribution in [0, 0.1) is 0 Å². The highest BCUT2D eigenvalue weighted by Crippen LogP contribution is 2.10. The maximum atomic E-state index is 11.0. The van der Waals surface area contributed by atoms with Gasteiger partial charge in [0.05, 0.1) is 4.90 Å². The first-order valence-electron chi connectivity index (χ1n) is 4.34. The first kappa shape index (κ1) is 12.3. The van der Waals surface area contributed by atoms with E-state index in [1.807, 2.05) is 0 Å². The highest BCUT2D eigenvalue weighted by molar-refractivity contribution is 7.89. The zero-order valence-electron chi connectivity index (χ0n) is 8.31. The minimum atomic E-state index is -3.68. The van der Waals surface area contributed by atoms with E-state index in [-0.39, 0.29) is 11.4 Å². The summed E-state index contributed by atoms with van der Waals surface area (Å²) in [5.74, 6) is 0. The third-order valence-corrected chi connectivity index (χ3v) is 2.66. The highest BCUT2D eigenvalue weighted by atomic mass is 32.2. The molecule has 0 amide bonds. The van der Waals surface area contributed by atoms with E-state index in [0.717, 1.165) is 0 Å². The van der Waals surface area contributed by atoms with E-state index >= 15 is 0 Å². The predicted octanol–water partition coefficient (Wildman–Crippen LogP) is 1.66. The summed E-state index contributed by atoms with van der Waals surface area (Å²) < 4.78 is 22.1. The molecule has 0 aromatic heterocycles. The van der Waals surface area contributed by atoms with Gasteiger partial charge in [0.15, 0.2) is 0 Å². The molecule has 2 N–H and O–H groups in total. The van der Waals surface area contributed by atoms with Gasteiger partial charge in [0.25, 0.3) is 0 Å². The number of rotatable bonds is 4. The van der Waals surface area contributed by atoms with E-state index in [9.17, 15) is 8.42 Å². The van der Waals surface area contributed by atoms with Crippen molar-refractivity contribution in [1.29, 1.82) is 0 Å². The number of hydrogen-bond acceptors (Lipinski definition) is 3. The normalized spacial score (nSPS) is 11.3. The fourth-order valence-corrected chi connectivity index (χ4v) is 1.64. The number of nitrogens with two attached hydrogens (primary N) is 1. The third kappa shape index (κ3) is 3.74. The minimum absolute atomic E-state index is 0.0541. The van der Waals surface area contributed by atoms with Crippen LogP contribution in [0.1, 0.15) is 5.56 Å². The highest BCUT2D eigenvalue weighted by Gasteiger charge is 2.06. The zero-order chi connectivity index (χ0) is 12.0. The Morgan fingerprint density at radius 2 is 2.25 bits per heavy atom. The lowest BCUT2D eigenvalue weighted by Gasteiger charge is -1.98. The molecule has 0 aliphatic carbocycles. The molecule has 0 radical (unpaired) electrons. The second-order valence-electron chi connectivity index (χ2n) is 2.93. The fraction of sp³-hybridized carbons (Fsp3) is 0.111. The van der Waals surface area contributed by atoms with Crippen molar-refractivity contribution in [3.63, 3.8) is 0 Å².